The van der Waals surface area contributed by atoms with Crippen LogP contribution in [0.5, 0.6) is 0 Å². The minimum Gasteiger partial charge on any atom is -0.354 e. The average molecular weight is 284 g/mol. The molecule has 1 fully saturated rings. The van der Waals surface area contributed by atoms with Crippen molar-refractivity contribution in [2.24, 2.45) is 5.92 Å². The van der Waals surface area contributed by atoms with Crippen LogP contribution in [0.15, 0.2) is 0 Å². The highest BCUT2D eigenvalue weighted by atomic mass is 35.5. The lowest BCUT2D eigenvalue weighted by Crippen LogP contribution is -2.35. The van der Waals surface area contributed by atoms with Gasteiger partial charge in [-0.1, -0.05) is 19.8 Å². The summed E-state index contributed by atoms with van der Waals surface area (Å²) >= 11 is 5.95. The fourth-order valence-corrected chi connectivity index (χ4v) is 2.70. The second-order valence-electron chi connectivity index (χ2n) is 4.98. The molecule has 1 N–H and O–H groups in total. The van der Waals surface area contributed by atoms with Crippen molar-refractivity contribution in [3.8, 4) is 0 Å². The first-order valence-electron chi connectivity index (χ1n) is 7.13. The summed E-state index contributed by atoms with van der Waals surface area (Å²) in [6.45, 7) is 7.06. The van der Waals surface area contributed by atoms with Gasteiger partial charge in [0.1, 0.15) is 0 Å². The number of piperidine rings is 1. The van der Waals surface area contributed by atoms with Crippen molar-refractivity contribution < 1.29 is 0 Å². The zero-order valence-corrected chi connectivity index (χ0v) is 12.4. The molecule has 6 heteroatoms. The summed E-state index contributed by atoms with van der Waals surface area (Å²) in [5, 5.41) is 3.34. The number of hydrogen-bond acceptors (Lipinski definition) is 5. The number of nitrogens with zero attached hydrogens (tertiary/aromatic N) is 4. The molecule has 1 aliphatic rings. The van der Waals surface area contributed by atoms with E-state index in [9.17, 15) is 0 Å². The van der Waals surface area contributed by atoms with Crippen LogP contribution < -0.4 is 10.2 Å². The highest BCUT2D eigenvalue weighted by Gasteiger charge is 2.21. The smallest absolute Gasteiger partial charge is 0.231 e. The van der Waals surface area contributed by atoms with Crippen LogP contribution in [0.1, 0.15) is 39.5 Å². The summed E-state index contributed by atoms with van der Waals surface area (Å²) in [7, 11) is 0. The molecule has 0 atom stereocenters. The van der Waals surface area contributed by atoms with Crippen LogP contribution in [0.4, 0.5) is 11.9 Å². The largest absolute Gasteiger partial charge is 0.354 e. The van der Waals surface area contributed by atoms with E-state index < -0.39 is 0 Å². The Kier molecular flexibility index (Phi) is 5.19. The lowest BCUT2D eigenvalue weighted by atomic mass is 9.93. The third kappa shape index (κ3) is 3.93. The van der Waals surface area contributed by atoms with E-state index in [-0.39, 0.29) is 5.28 Å². The summed E-state index contributed by atoms with van der Waals surface area (Å²) in [5.74, 6) is 2.12. The Morgan fingerprint density at radius 3 is 2.58 bits per heavy atom. The van der Waals surface area contributed by atoms with E-state index >= 15 is 0 Å². The first-order valence-corrected chi connectivity index (χ1v) is 7.51. The Morgan fingerprint density at radius 1 is 1.21 bits per heavy atom. The van der Waals surface area contributed by atoms with Gasteiger partial charge in [-0.3, -0.25) is 0 Å². The third-order valence-electron chi connectivity index (χ3n) is 3.53. The van der Waals surface area contributed by atoms with E-state index in [1.165, 1.54) is 25.7 Å². The monoisotopic (exact) mass is 283 g/mol. The van der Waals surface area contributed by atoms with E-state index in [4.69, 9.17) is 11.6 Å². The van der Waals surface area contributed by atoms with Crippen LogP contribution in [0.2, 0.25) is 5.28 Å². The number of anilines is 2. The van der Waals surface area contributed by atoms with E-state index in [0.29, 0.717) is 11.9 Å². The van der Waals surface area contributed by atoms with Gasteiger partial charge in [0.25, 0.3) is 0 Å². The highest BCUT2D eigenvalue weighted by molar-refractivity contribution is 6.28. The van der Waals surface area contributed by atoms with Crippen molar-refractivity contribution >= 4 is 23.5 Å². The number of nitrogens with one attached hydrogen (secondary N) is 1. The molecule has 0 spiro atoms. The lowest BCUT2D eigenvalue weighted by Gasteiger charge is -2.31. The van der Waals surface area contributed by atoms with Crippen molar-refractivity contribution in [1.82, 2.24) is 15.0 Å². The lowest BCUT2D eigenvalue weighted by molar-refractivity contribution is 0.376. The maximum Gasteiger partial charge on any atom is 0.231 e. The number of halogens is 1. The number of hydrogen-bond donors (Lipinski definition) is 1. The van der Waals surface area contributed by atoms with Gasteiger partial charge < -0.3 is 10.2 Å². The maximum atomic E-state index is 5.95. The van der Waals surface area contributed by atoms with Gasteiger partial charge >= 0.3 is 0 Å². The molecule has 0 bridgehead atoms. The Bertz CT molecular complexity index is 404. The number of rotatable bonds is 5. The molecule has 2 heterocycles. The van der Waals surface area contributed by atoms with Crippen molar-refractivity contribution in [3.05, 3.63) is 5.28 Å². The molecule has 5 nitrogen and oxygen atoms in total. The minimum atomic E-state index is 0.261. The van der Waals surface area contributed by atoms with Crippen LogP contribution in [-0.2, 0) is 0 Å². The van der Waals surface area contributed by atoms with E-state index in [1.807, 2.05) is 6.92 Å². The summed E-state index contributed by atoms with van der Waals surface area (Å²) < 4.78 is 0. The normalized spacial score (nSPS) is 16.7. The second kappa shape index (κ2) is 6.89. The Hall–Kier alpha value is -1.10. The van der Waals surface area contributed by atoms with Crippen LogP contribution in [-0.4, -0.2) is 34.6 Å². The molecule has 0 saturated carbocycles. The van der Waals surface area contributed by atoms with Gasteiger partial charge in [-0.2, -0.15) is 15.0 Å². The van der Waals surface area contributed by atoms with Crippen LogP contribution in [0.25, 0.3) is 0 Å². The molecule has 19 heavy (non-hydrogen) atoms. The molecule has 1 saturated heterocycles. The topological polar surface area (TPSA) is 53.9 Å². The van der Waals surface area contributed by atoms with Gasteiger partial charge in [-0.05, 0) is 37.3 Å². The van der Waals surface area contributed by atoms with E-state index in [2.05, 4.69) is 32.1 Å². The highest BCUT2D eigenvalue weighted by Crippen LogP contribution is 2.24. The Balaban J connectivity index is 2.02. The van der Waals surface area contributed by atoms with Crippen molar-refractivity contribution in [1.29, 1.82) is 0 Å². The van der Waals surface area contributed by atoms with Crippen LogP contribution in [0, 0.1) is 5.92 Å². The molecule has 0 aromatic carbocycles. The van der Waals surface area contributed by atoms with Crippen LogP contribution in [0.3, 0.4) is 0 Å². The maximum absolute atomic E-state index is 5.95. The summed E-state index contributed by atoms with van der Waals surface area (Å²) in [6.07, 6.45) is 5.03. The van der Waals surface area contributed by atoms with Crippen molar-refractivity contribution in [3.63, 3.8) is 0 Å². The van der Waals surface area contributed by atoms with Gasteiger partial charge in [-0.25, -0.2) is 0 Å². The predicted molar refractivity (Wildman–Crippen MR) is 78.8 cm³/mol. The Labute approximate surface area is 119 Å². The minimum absolute atomic E-state index is 0.261. The summed E-state index contributed by atoms with van der Waals surface area (Å²) in [4.78, 5) is 14.9. The van der Waals surface area contributed by atoms with Crippen molar-refractivity contribution in [2.75, 3.05) is 29.9 Å². The van der Waals surface area contributed by atoms with Gasteiger partial charge in [0.05, 0.1) is 0 Å². The molecule has 0 amide bonds. The van der Waals surface area contributed by atoms with Gasteiger partial charge in [0.2, 0.25) is 17.2 Å². The fraction of sp³-hybridized carbons (Fsp3) is 0.769. The summed E-state index contributed by atoms with van der Waals surface area (Å²) in [6, 6.07) is 0. The average Bonchev–Trinajstić information content (AvgIpc) is 2.40. The quantitative estimate of drug-likeness (QED) is 0.900. The predicted octanol–water partition coefficient (Wildman–Crippen LogP) is 2.97. The van der Waals surface area contributed by atoms with Gasteiger partial charge in [-0.15, -0.1) is 0 Å². The number of aromatic nitrogens is 3. The van der Waals surface area contributed by atoms with E-state index in [0.717, 1.165) is 25.6 Å². The van der Waals surface area contributed by atoms with Gasteiger partial charge in [0, 0.05) is 19.6 Å². The molecule has 2 rings (SSSR count). The van der Waals surface area contributed by atoms with Gasteiger partial charge in [0.15, 0.2) is 0 Å². The third-order valence-corrected chi connectivity index (χ3v) is 3.69. The molecule has 0 aliphatic carbocycles. The second-order valence-corrected chi connectivity index (χ2v) is 5.32. The molecule has 1 aromatic heterocycles. The first-order chi connectivity index (χ1) is 9.22. The molecule has 106 valence electrons. The van der Waals surface area contributed by atoms with Crippen LogP contribution >= 0.6 is 11.6 Å². The SMILES string of the molecule is CCCC1CCN(c2nc(Cl)nc(NCC)n2)CC1. The standard InChI is InChI=1S/C13H22ClN5/c1-3-5-10-6-8-19(9-7-10)13-17-11(14)16-12(18-13)15-4-2/h10H,3-9H2,1-2H3,(H,15,16,17,18). The first kappa shape index (κ1) is 14.3. The fourth-order valence-electron chi connectivity index (χ4n) is 2.55. The zero-order chi connectivity index (χ0) is 13.7. The molecule has 1 aliphatic heterocycles. The summed E-state index contributed by atoms with van der Waals surface area (Å²) in [5.41, 5.74) is 0. The molecule has 1 aromatic rings. The zero-order valence-electron chi connectivity index (χ0n) is 11.7. The molecule has 0 radical (unpaired) electrons. The van der Waals surface area contributed by atoms with Crippen molar-refractivity contribution in [2.45, 2.75) is 39.5 Å². The molecular weight excluding hydrogens is 262 g/mol. The molecular formula is C13H22ClN5. The Morgan fingerprint density at radius 2 is 1.95 bits per heavy atom. The van der Waals surface area contributed by atoms with E-state index in [1.54, 1.807) is 0 Å². The molecule has 0 unspecified atom stereocenters.